The van der Waals surface area contributed by atoms with E-state index in [1.165, 1.54) is 7.11 Å². The lowest BCUT2D eigenvalue weighted by Gasteiger charge is -2.17. The van der Waals surface area contributed by atoms with Crippen molar-refractivity contribution in [3.63, 3.8) is 0 Å². The highest BCUT2D eigenvalue weighted by Gasteiger charge is 2.23. The number of hydrogen-bond donors (Lipinski definition) is 1. The van der Waals surface area contributed by atoms with Crippen molar-refractivity contribution >= 4 is 5.97 Å². The lowest BCUT2D eigenvalue weighted by Crippen LogP contribution is -2.32. The highest BCUT2D eigenvalue weighted by molar-refractivity contribution is 5.77. The molecular weight excluding hydrogens is 263 g/mol. The molecule has 0 heterocycles. The van der Waals surface area contributed by atoms with Crippen molar-refractivity contribution in [1.82, 2.24) is 5.32 Å². The van der Waals surface area contributed by atoms with Gasteiger partial charge in [0.05, 0.1) is 13.7 Å². The summed E-state index contributed by atoms with van der Waals surface area (Å²) >= 11 is 0. The number of esters is 1. The molecule has 0 aliphatic heterocycles. The maximum Gasteiger partial charge on any atom is 0.327 e. The summed E-state index contributed by atoms with van der Waals surface area (Å²) in [5.74, 6) is -5.04. The van der Waals surface area contributed by atoms with Gasteiger partial charge in [-0.25, -0.2) is 18.0 Å². The molecule has 0 bridgehead atoms. The summed E-state index contributed by atoms with van der Waals surface area (Å²) in [6, 6.07) is 0.407. The van der Waals surface area contributed by atoms with Crippen LogP contribution in [0.3, 0.4) is 0 Å². The summed E-state index contributed by atoms with van der Waals surface area (Å²) in [5, 5.41) is 2.71. The van der Waals surface area contributed by atoms with Crippen LogP contribution in [0.4, 0.5) is 13.2 Å². The van der Waals surface area contributed by atoms with E-state index in [2.05, 4.69) is 10.1 Å². The van der Waals surface area contributed by atoms with Crippen molar-refractivity contribution in [2.24, 2.45) is 0 Å². The minimum Gasteiger partial charge on any atom is -0.468 e. The zero-order valence-electron chi connectivity index (χ0n) is 10.5. The third-order valence-electron chi connectivity index (χ3n) is 2.43. The molecule has 0 aromatic heterocycles. The molecule has 0 spiro atoms. The Morgan fingerprint density at radius 2 is 1.84 bits per heavy atom. The monoisotopic (exact) mass is 277 g/mol. The molecule has 1 unspecified atom stereocenters. The van der Waals surface area contributed by atoms with Crippen LogP contribution in [0.15, 0.2) is 12.1 Å². The zero-order chi connectivity index (χ0) is 14.4. The van der Waals surface area contributed by atoms with Crippen molar-refractivity contribution in [3.05, 3.63) is 35.1 Å². The van der Waals surface area contributed by atoms with Crippen LogP contribution in [0.1, 0.15) is 11.6 Å². The molecule has 0 fully saturated rings. The van der Waals surface area contributed by atoms with Crippen LogP contribution in [-0.4, -0.2) is 33.3 Å². The summed E-state index contributed by atoms with van der Waals surface area (Å²) in [7, 11) is 2.61. The van der Waals surface area contributed by atoms with Crippen molar-refractivity contribution < 1.29 is 27.4 Å². The van der Waals surface area contributed by atoms with Gasteiger partial charge in [0, 0.05) is 13.7 Å². The first-order valence-corrected chi connectivity index (χ1v) is 5.45. The maximum absolute atomic E-state index is 13.1. The van der Waals surface area contributed by atoms with Gasteiger partial charge in [-0.1, -0.05) is 0 Å². The Kier molecular flexibility index (Phi) is 5.78. The summed E-state index contributed by atoms with van der Waals surface area (Å²) in [6.45, 7) is 0.552. The average Bonchev–Trinajstić information content (AvgIpc) is 2.39. The van der Waals surface area contributed by atoms with E-state index in [1.54, 1.807) is 0 Å². The van der Waals surface area contributed by atoms with Crippen LogP contribution in [0.5, 0.6) is 0 Å². The van der Waals surface area contributed by atoms with Crippen LogP contribution >= 0.6 is 0 Å². The smallest absolute Gasteiger partial charge is 0.327 e. The van der Waals surface area contributed by atoms with E-state index in [0.29, 0.717) is 6.61 Å². The summed E-state index contributed by atoms with van der Waals surface area (Å²) in [4.78, 5) is 11.5. The number of hydrogen-bond acceptors (Lipinski definition) is 4. The number of rotatable bonds is 6. The molecule has 19 heavy (non-hydrogen) atoms. The van der Waals surface area contributed by atoms with Crippen molar-refractivity contribution in [2.75, 3.05) is 27.4 Å². The second kappa shape index (κ2) is 7.10. The standard InChI is InChI=1S/C12H14F3NO3/c1-18-4-3-16-11(12(17)19-2)7-5-8(13)10(15)9(14)6-7/h5-6,11,16H,3-4H2,1-2H3. The molecule has 106 valence electrons. The van der Waals surface area contributed by atoms with Gasteiger partial charge in [-0.15, -0.1) is 0 Å². The van der Waals surface area contributed by atoms with E-state index in [1.807, 2.05) is 0 Å². The van der Waals surface area contributed by atoms with E-state index in [4.69, 9.17) is 4.74 Å². The van der Waals surface area contributed by atoms with Gasteiger partial charge in [-0.2, -0.15) is 0 Å². The molecule has 0 aliphatic rings. The Morgan fingerprint density at radius 3 is 2.32 bits per heavy atom. The maximum atomic E-state index is 13.1. The third kappa shape index (κ3) is 3.93. The Hall–Kier alpha value is -1.60. The first-order valence-electron chi connectivity index (χ1n) is 5.45. The fraction of sp³-hybridized carbons (Fsp3) is 0.417. The Bertz CT molecular complexity index is 431. The van der Waals surface area contributed by atoms with Crippen LogP contribution in [0.2, 0.25) is 0 Å². The predicted octanol–water partition coefficient (Wildman–Crippen LogP) is 1.55. The second-order valence-electron chi connectivity index (χ2n) is 3.70. The van der Waals surface area contributed by atoms with E-state index in [9.17, 15) is 18.0 Å². The van der Waals surface area contributed by atoms with Crippen molar-refractivity contribution in [2.45, 2.75) is 6.04 Å². The van der Waals surface area contributed by atoms with Gasteiger partial charge in [0.15, 0.2) is 17.5 Å². The fourth-order valence-corrected chi connectivity index (χ4v) is 1.50. The van der Waals surface area contributed by atoms with Gasteiger partial charge >= 0.3 is 5.97 Å². The van der Waals surface area contributed by atoms with Gasteiger partial charge in [0.2, 0.25) is 0 Å². The topological polar surface area (TPSA) is 47.6 Å². The second-order valence-corrected chi connectivity index (χ2v) is 3.70. The molecule has 7 heteroatoms. The fourth-order valence-electron chi connectivity index (χ4n) is 1.50. The molecule has 1 N–H and O–H groups in total. The predicted molar refractivity (Wildman–Crippen MR) is 61.0 cm³/mol. The number of carbonyl (C=O) groups excluding carboxylic acids is 1. The highest BCUT2D eigenvalue weighted by atomic mass is 19.2. The normalized spacial score (nSPS) is 12.3. The number of benzene rings is 1. The molecule has 1 atom stereocenters. The minimum atomic E-state index is -1.58. The van der Waals surface area contributed by atoms with Gasteiger partial charge in [-0.05, 0) is 17.7 Å². The lowest BCUT2D eigenvalue weighted by atomic mass is 10.1. The summed E-state index contributed by atoms with van der Waals surface area (Å²) in [6.07, 6.45) is 0. The molecule has 1 aromatic rings. The number of nitrogens with one attached hydrogen (secondary N) is 1. The molecule has 0 amide bonds. The summed E-state index contributed by atoms with van der Waals surface area (Å²) < 4.78 is 48.4. The van der Waals surface area contributed by atoms with Crippen LogP contribution in [-0.2, 0) is 14.3 Å². The highest BCUT2D eigenvalue weighted by Crippen LogP contribution is 2.20. The molecule has 4 nitrogen and oxygen atoms in total. The van der Waals surface area contributed by atoms with Crippen molar-refractivity contribution in [1.29, 1.82) is 0 Å². The lowest BCUT2D eigenvalue weighted by molar-refractivity contribution is -0.143. The third-order valence-corrected chi connectivity index (χ3v) is 2.43. The van der Waals surface area contributed by atoms with Crippen LogP contribution in [0.25, 0.3) is 0 Å². The summed E-state index contributed by atoms with van der Waals surface area (Å²) in [5.41, 5.74) is -0.0562. The van der Waals surface area contributed by atoms with Crippen LogP contribution < -0.4 is 5.32 Å². The van der Waals surface area contributed by atoms with E-state index >= 15 is 0 Å². The van der Waals surface area contributed by atoms with Gasteiger partial charge in [-0.3, -0.25) is 5.32 Å². The number of carbonyl (C=O) groups is 1. The Balaban J connectivity index is 3.00. The number of halogens is 3. The van der Waals surface area contributed by atoms with E-state index in [0.717, 1.165) is 19.2 Å². The van der Waals surface area contributed by atoms with Gasteiger partial charge in [0.1, 0.15) is 6.04 Å². The SMILES string of the molecule is COCCNC(C(=O)OC)c1cc(F)c(F)c(F)c1. The van der Waals surface area contributed by atoms with Crippen LogP contribution in [0, 0.1) is 17.5 Å². The molecule has 1 aromatic carbocycles. The van der Waals surface area contributed by atoms with E-state index < -0.39 is 29.5 Å². The van der Waals surface area contributed by atoms with E-state index in [-0.39, 0.29) is 12.1 Å². The largest absolute Gasteiger partial charge is 0.468 e. The molecule has 0 saturated heterocycles. The van der Waals surface area contributed by atoms with Crippen molar-refractivity contribution in [3.8, 4) is 0 Å². The van der Waals surface area contributed by atoms with Gasteiger partial charge < -0.3 is 9.47 Å². The quantitative estimate of drug-likeness (QED) is 0.487. The van der Waals surface area contributed by atoms with Gasteiger partial charge in [0.25, 0.3) is 0 Å². The number of ether oxygens (including phenoxy) is 2. The zero-order valence-corrected chi connectivity index (χ0v) is 10.5. The Morgan fingerprint density at radius 1 is 1.26 bits per heavy atom. The first-order chi connectivity index (χ1) is 9.01. The minimum absolute atomic E-state index is 0.0562. The molecule has 0 saturated carbocycles. The average molecular weight is 277 g/mol. The molecule has 0 aliphatic carbocycles. The molecule has 1 rings (SSSR count). The number of methoxy groups -OCH3 is 2. The molecule has 0 radical (unpaired) electrons. The molecular formula is C12H14F3NO3. The first kappa shape index (κ1) is 15.5. The Labute approximate surface area is 108 Å².